The molecule has 0 saturated carbocycles. The van der Waals surface area contributed by atoms with Crippen molar-refractivity contribution in [1.29, 1.82) is 0 Å². The molecule has 1 aromatic heterocycles. The Labute approximate surface area is 139 Å². The molecule has 0 atom stereocenters. The lowest BCUT2D eigenvalue weighted by atomic mass is 10.0. The molecule has 1 heterocycles. The lowest BCUT2D eigenvalue weighted by Crippen LogP contribution is -2.11. The summed E-state index contributed by atoms with van der Waals surface area (Å²) in [5.74, 6) is -0.0767. The van der Waals surface area contributed by atoms with Crippen molar-refractivity contribution < 1.29 is 4.79 Å². The van der Waals surface area contributed by atoms with Crippen LogP contribution in [-0.2, 0) is 12.8 Å². The SMILES string of the molecule is CC(C)Sc1ccc(C(=O)Nc2nc3c(s2)CCCC3)cc1. The van der Waals surface area contributed by atoms with Crippen LogP contribution in [0.15, 0.2) is 29.2 Å². The van der Waals surface area contributed by atoms with Crippen molar-refractivity contribution in [1.82, 2.24) is 4.98 Å². The van der Waals surface area contributed by atoms with Gasteiger partial charge in [0.1, 0.15) is 0 Å². The second kappa shape index (κ2) is 6.84. The average Bonchev–Trinajstić information content (AvgIpc) is 2.89. The number of carbonyl (C=O) groups is 1. The fourth-order valence-electron chi connectivity index (χ4n) is 2.53. The van der Waals surface area contributed by atoms with Crippen LogP contribution < -0.4 is 5.32 Å². The van der Waals surface area contributed by atoms with E-state index in [1.54, 1.807) is 23.1 Å². The number of aryl methyl sites for hydroxylation is 2. The summed E-state index contributed by atoms with van der Waals surface area (Å²) in [4.78, 5) is 19.4. The van der Waals surface area contributed by atoms with Gasteiger partial charge in [-0.3, -0.25) is 10.1 Å². The first kappa shape index (κ1) is 15.6. The molecule has 0 spiro atoms. The average molecular weight is 332 g/mol. The molecule has 1 aliphatic rings. The smallest absolute Gasteiger partial charge is 0.257 e. The van der Waals surface area contributed by atoms with Gasteiger partial charge in [-0.2, -0.15) is 0 Å². The quantitative estimate of drug-likeness (QED) is 0.820. The molecule has 0 bridgehead atoms. The number of rotatable bonds is 4. The summed E-state index contributed by atoms with van der Waals surface area (Å²) in [5.41, 5.74) is 1.86. The molecule has 0 unspecified atom stereocenters. The van der Waals surface area contributed by atoms with E-state index >= 15 is 0 Å². The van der Waals surface area contributed by atoms with Crippen molar-refractivity contribution in [2.24, 2.45) is 0 Å². The molecule has 0 radical (unpaired) electrons. The van der Waals surface area contributed by atoms with Crippen molar-refractivity contribution in [3.05, 3.63) is 40.4 Å². The minimum Gasteiger partial charge on any atom is -0.298 e. The number of nitrogens with zero attached hydrogens (tertiary/aromatic N) is 1. The van der Waals surface area contributed by atoms with E-state index in [4.69, 9.17) is 0 Å². The number of hydrogen-bond donors (Lipinski definition) is 1. The predicted octanol–water partition coefficient (Wildman–Crippen LogP) is 4.77. The maximum atomic E-state index is 12.3. The molecule has 1 aromatic carbocycles. The lowest BCUT2D eigenvalue weighted by Gasteiger charge is -2.06. The zero-order valence-electron chi connectivity index (χ0n) is 12.9. The monoisotopic (exact) mass is 332 g/mol. The standard InChI is InChI=1S/C17H20N2OS2/c1-11(2)21-13-9-7-12(8-10-13)16(20)19-17-18-14-5-3-4-6-15(14)22-17/h7-11H,3-6H2,1-2H3,(H,18,19,20). The number of benzene rings is 1. The van der Waals surface area contributed by atoms with Crippen LogP contribution in [0, 0.1) is 0 Å². The largest absolute Gasteiger partial charge is 0.298 e. The summed E-state index contributed by atoms with van der Waals surface area (Å²) in [6, 6.07) is 7.78. The van der Waals surface area contributed by atoms with Gasteiger partial charge in [0.2, 0.25) is 0 Å². The molecule has 0 saturated heterocycles. The molecule has 1 amide bonds. The highest BCUT2D eigenvalue weighted by molar-refractivity contribution is 7.99. The number of nitrogens with one attached hydrogen (secondary N) is 1. The van der Waals surface area contributed by atoms with Gasteiger partial charge < -0.3 is 0 Å². The molecule has 2 aromatic rings. The van der Waals surface area contributed by atoms with Crippen molar-refractivity contribution in [2.75, 3.05) is 5.32 Å². The Morgan fingerprint density at radius 1 is 1.23 bits per heavy atom. The van der Waals surface area contributed by atoms with E-state index < -0.39 is 0 Å². The third-order valence-electron chi connectivity index (χ3n) is 3.55. The Balaban J connectivity index is 1.67. The van der Waals surface area contributed by atoms with Gasteiger partial charge in [0.15, 0.2) is 5.13 Å². The van der Waals surface area contributed by atoms with E-state index in [-0.39, 0.29) is 5.91 Å². The molecule has 0 aliphatic heterocycles. The Morgan fingerprint density at radius 2 is 1.95 bits per heavy atom. The summed E-state index contributed by atoms with van der Waals surface area (Å²) >= 11 is 3.42. The van der Waals surface area contributed by atoms with E-state index in [0.717, 1.165) is 18.0 Å². The van der Waals surface area contributed by atoms with Crippen molar-refractivity contribution >= 4 is 34.1 Å². The Hall–Kier alpha value is -1.33. The van der Waals surface area contributed by atoms with Crippen molar-refractivity contribution in [3.63, 3.8) is 0 Å². The number of thiazole rings is 1. The van der Waals surface area contributed by atoms with E-state index in [0.29, 0.717) is 10.8 Å². The molecule has 5 heteroatoms. The summed E-state index contributed by atoms with van der Waals surface area (Å²) in [6.07, 6.45) is 4.59. The van der Waals surface area contributed by atoms with Gasteiger partial charge in [0, 0.05) is 20.6 Å². The molecule has 0 fully saturated rings. The van der Waals surface area contributed by atoms with Gasteiger partial charge >= 0.3 is 0 Å². The summed E-state index contributed by atoms with van der Waals surface area (Å²) in [7, 11) is 0. The van der Waals surface area contributed by atoms with E-state index in [1.165, 1.54) is 28.3 Å². The van der Waals surface area contributed by atoms with E-state index in [2.05, 4.69) is 24.1 Å². The maximum absolute atomic E-state index is 12.3. The van der Waals surface area contributed by atoms with Gasteiger partial charge in [0.05, 0.1) is 5.69 Å². The first-order chi connectivity index (χ1) is 10.6. The maximum Gasteiger partial charge on any atom is 0.257 e. The van der Waals surface area contributed by atoms with Crippen molar-refractivity contribution in [3.8, 4) is 0 Å². The zero-order chi connectivity index (χ0) is 15.5. The number of amides is 1. The number of fused-ring (bicyclic) bond motifs is 1. The fraction of sp³-hybridized carbons (Fsp3) is 0.412. The molecule has 1 aliphatic carbocycles. The third kappa shape index (κ3) is 3.70. The Bertz CT molecular complexity index is 638. The van der Waals surface area contributed by atoms with Gasteiger partial charge in [-0.15, -0.1) is 23.1 Å². The van der Waals surface area contributed by atoms with Crippen LogP contribution in [0.5, 0.6) is 0 Å². The zero-order valence-corrected chi connectivity index (χ0v) is 14.5. The van der Waals surface area contributed by atoms with Gasteiger partial charge in [0.25, 0.3) is 5.91 Å². The second-order valence-corrected chi connectivity index (χ2v) is 8.47. The number of hydrogen-bond acceptors (Lipinski definition) is 4. The summed E-state index contributed by atoms with van der Waals surface area (Å²) in [6.45, 7) is 4.32. The van der Waals surface area contributed by atoms with Crippen LogP contribution in [0.3, 0.4) is 0 Å². The molecular weight excluding hydrogens is 312 g/mol. The first-order valence-corrected chi connectivity index (χ1v) is 9.38. The van der Waals surface area contributed by atoms with E-state index in [1.807, 2.05) is 24.3 Å². The molecule has 3 nitrogen and oxygen atoms in total. The van der Waals surface area contributed by atoms with Crippen LogP contribution in [0.25, 0.3) is 0 Å². The third-order valence-corrected chi connectivity index (χ3v) is 5.64. The minimum absolute atomic E-state index is 0.0767. The highest BCUT2D eigenvalue weighted by Gasteiger charge is 2.16. The van der Waals surface area contributed by atoms with Crippen LogP contribution in [0.1, 0.15) is 47.6 Å². The number of thioether (sulfide) groups is 1. The van der Waals surface area contributed by atoms with Crippen LogP contribution >= 0.6 is 23.1 Å². The summed E-state index contributed by atoms with van der Waals surface area (Å²) in [5, 5.41) is 4.21. The number of aromatic nitrogens is 1. The number of carbonyl (C=O) groups excluding carboxylic acids is 1. The molecular formula is C17H20N2OS2. The van der Waals surface area contributed by atoms with Gasteiger partial charge in [-0.1, -0.05) is 13.8 Å². The molecule has 1 N–H and O–H groups in total. The summed E-state index contributed by atoms with van der Waals surface area (Å²) < 4.78 is 0. The highest BCUT2D eigenvalue weighted by atomic mass is 32.2. The first-order valence-electron chi connectivity index (χ1n) is 7.68. The van der Waals surface area contributed by atoms with Gasteiger partial charge in [-0.05, 0) is 49.9 Å². The topological polar surface area (TPSA) is 42.0 Å². The fourth-order valence-corrected chi connectivity index (χ4v) is 4.41. The lowest BCUT2D eigenvalue weighted by molar-refractivity contribution is 0.102. The predicted molar refractivity (Wildman–Crippen MR) is 94.1 cm³/mol. The van der Waals surface area contributed by atoms with Crippen LogP contribution in [0.2, 0.25) is 0 Å². The minimum atomic E-state index is -0.0767. The van der Waals surface area contributed by atoms with Crippen LogP contribution in [-0.4, -0.2) is 16.1 Å². The van der Waals surface area contributed by atoms with Crippen LogP contribution in [0.4, 0.5) is 5.13 Å². The molecule has 116 valence electrons. The Kier molecular flexibility index (Phi) is 4.84. The van der Waals surface area contributed by atoms with Crippen molar-refractivity contribution in [2.45, 2.75) is 49.7 Å². The highest BCUT2D eigenvalue weighted by Crippen LogP contribution is 2.30. The normalized spacial score (nSPS) is 14.0. The molecule has 22 heavy (non-hydrogen) atoms. The molecule has 3 rings (SSSR count). The Morgan fingerprint density at radius 3 is 2.64 bits per heavy atom. The number of anilines is 1. The van der Waals surface area contributed by atoms with Gasteiger partial charge in [-0.25, -0.2) is 4.98 Å². The van der Waals surface area contributed by atoms with E-state index in [9.17, 15) is 4.79 Å². The second-order valence-electron chi connectivity index (χ2n) is 5.74.